The van der Waals surface area contributed by atoms with Crippen LogP contribution in [-0.4, -0.2) is 57.5 Å². The Labute approximate surface area is 218 Å². The molecular formula is C30H61NO4. The van der Waals surface area contributed by atoms with Crippen LogP contribution in [0.3, 0.4) is 0 Å². The second-order valence-corrected chi connectivity index (χ2v) is 10.7. The Bertz CT molecular complexity index is 465. The average molecular weight is 500 g/mol. The van der Waals surface area contributed by atoms with Crippen molar-refractivity contribution in [3.8, 4) is 0 Å². The molecule has 0 aromatic heterocycles. The molecule has 0 aliphatic heterocycles. The molecule has 0 aromatic carbocycles. The number of rotatable bonds is 26. The highest BCUT2D eigenvalue weighted by Crippen LogP contribution is 2.21. The number of unbranched alkanes of at least 4 members (excludes halogenated alkanes) is 17. The molecule has 5 heteroatoms. The van der Waals surface area contributed by atoms with Crippen LogP contribution in [0.4, 0.5) is 0 Å². The third-order valence-electron chi connectivity index (χ3n) is 7.34. The molecule has 0 aromatic rings. The summed E-state index contributed by atoms with van der Waals surface area (Å²) in [5, 5.41) is 31.3. The molecule has 0 saturated carbocycles. The molecule has 1 amide bonds. The normalized spacial score (nSPS) is 14.1. The van der Waals surface area contributed by atoms with Crippen LogP contribution in [0, 0.1) is 0 Å². The maximum absolute atomic E-state index is 13.0. The minimum Gasteiger partial charge on any atom is -0.393 e. The van der Waals surface area contributed by atoms with Crippen molar-refractivity contribution >= 4 is 5.91 Å². The molecule has 2 unspecified atom stereocenters. The SMILES string of the molecule is CCCCCCCCCCCCCCCCCCC(O)C(O)(CO)C(=O)N(CCCC)CCCC. The zero-order valence-corrected chi connectivity index (χ0v) is 23.7. The number of amides is 1. The smallest absolute Gasteiger partial charge is 0.259 e. The maximum atomic E-state index is 13.0. The molecule has 3 N–H and O–H groups in total. The quantitative estimate of drug-likeness (QED) is 0.110. The lowest BCUT2D eigenvalue weighted by atomic mass is 9.91. The number of aliphatic hydroxyl groups is 3. The van der Waals surface area contributed by atoms with Crippen molar-refractivity contribution in [2.45, 2.75) is 167 Å². The van der Waals surface area contributed by atoms with E-state index >= 15 is 0 Å². The van der Waals surface area contributed by atoms with Gasteiger partial charge in [0.15, 0.2) is 5.60 Å². The molecule has 5 nitrogen and oxygen atoms in total. The molecule has 210 valence electrons. The van der Waals surface area contributed by atoms with E-state index in [9.17, 15) is 20.1 Å². The molecular weight excluding hydrogens is 438 g/mol. The Morgan fingerprint density at radius 2 is 0.971 bits per heavy atom. The van der Waals surface area contributed by atoms with Gasteiger partial charge >= 0.3 is 0 Å². The summed E-state index contributed by atoms with van der Waals surface area (Å²) in [6.45, 7) is 6.78. The van der Waals surface area contributed by atoms with Crippen LogP contribution in [0.25, 0.3) is 0 Å². The van der Waals surface area contributed by atoms with E-state index in [2.05, 4.69) is 20.8 Å². The monoisotopic (exact) mass is 499 g/mol. The van der Waals surface area contributed by atoms with Gasteiger partial charge in [-0.25, -0.2) is 0 Å². The van der Waals surface area contributed by atoms with E-state index in [1.165, 1.54) is 83.5 Å². The van der Waals surface area contributed by atoms with E-state index < -0.39 is 24.2 Å². The second-order valence-electron chi connectivity index (χ2n) is 10.7. The van der Waals surface area contributed by atoms with Crippen LogP contribution < -0.4 is 0 Å². The van der Waals surface area contributed by atoms with Gasteiger partial charge in [0.2, 0.25) is 0 Å². The van der Waals surface area contributed by atoms with Crippen molar-refractivity contribution in [1.82, 2.24) is 4.90 Å². The summed E-state index contributed by atoms with van der Waals surface area (Å²) in [5.74, 6) is -0.522. The lowest BCUT2D eigenvalue weighted by Gasteiger charge is -2.35. The van der Waals surface area contributed by atoms with Gasteiger partial charge < -0.3 is 20.2 Å². The molecule has 0 heterocycles. The van der Waals surface area contributed by atoms with E-state index in [0.717, 1.165) is 44.9 Å². The van der Waals surface area contributed by atoms with Gasteiger partial charge in [0.25, 0.3) is 5.91 Å². The third-order valence-corrected chi connectivity index (χ3v) is 7.34. The summed E-state index contributed by atoms with van der Waals surface area (Å²) >= 11 is 0. The van der Waals surface area contributed by atoms with Crippen LogP contribution in [0.1, 0.15) is 156 Å². The Kier molecular flexibility index (Phi) is 23.3. The van der Waals surface area contributed by atoms with Crippen molar-refractivity contribution in [2.75, 3.05) is 19.7 Å². The first-order valence-corrected chi connectivity index (χ1v) is 15.3. The summed E-state index contributed by atoms with van der Waals surface area (Å²) in [7, 11) is 0. The minimum absolute atomic E-state index is 0.344. The van der Waals surface area contributed by atoms with Gasteiger partial charge in [0.05, 0.1) is 12.7 Å². The highest BCUT2D eigenvalue weighted by atomic mass is 16.4. The number of hydrogen-bond acceptors (Lipinski definition) is 4. The van der Waals surface area contributed by atoms with Crippen molar-refractivity contribution in [3.05, 3.63) is 0 Å². The highest BCUT2D eigenvalue weighted by Gasteiger charge is 2.44. The van der Waals surface area contributed by atoms with Gasteiger partial charge in [-0.05, 0) is 19.3 Å². The molecule has 0 saturated heterocycles. The van der Waals surface area contributed by atoms with Crippen LogP contribution in [-0.2, 0) is 4.79 Å². The van der Waals surface area contributed by atoms with Gasteiger partial charge in [0, 0.05) is 13.1 Å². The van der Waals surface area contributed by atoms with Crippen molar-refractivity contribution < 1.29 is 20.1 Å². The Balaban J connectivity index is 3.96. The third kappa shape index (κ3) is 16.7. The van der Waals surface area contributed by atoms with Crippen LogP contribution >= 0.6 is 0 Å². The standard InChI is InChI=1S/C30H61NO4/c1-4-7-10-11-12-13-14-15-16-17-18-19-20-21-22-23-24-28(33)30(35,27-32)29(34)31(25-8-5-2)26-9-6-3/h28,32-33,35H,4-27H2,1-3H3. The van der Waals surface area contributed by atoms with Crippen LogP contribution in [0.2, 0.25) is 0 Å². The zero-order valence-electron chi connectivity index (χ0n) is 23.7. The molecule has 0 rings (SSSR count). The number of carbonyl (C=O) groups excluding carboxylic acids is 1. The van der Waals surface area contributed by atoms with Gasteiger partial charge in [-0.2, -0.15) is 0 Å². The highest BCUT2D eigenvalue weighted by molar-refractivity contribution is 5.86. The largest absolute Gasteiger partial charge is 0.393 e. The number of aliphatic hydroxyl groups excluding tert-OH is 2. The molecule has 0 aliphatic rings. The lowest BCUT2D eigenvalue weighted by Crippen LogP contribution is -2.59. The van der Waals surface area contributed by atoms with E-state index in [-0.39, 0.29) is 0 Å². The minimum atomic E-state index is -2.09. The predicted octanol–water partition coefficient (Wildman–Crippen LogP) is 7.15. The summed E-state index contributed by atoms with van der Waals surface area (Å²) in [6, 6.07) is 0. The van der Waals surface area contributed by atoms with Crippen molar-refractivity contribution in [3.63, 3.8) is 0 Å². The molecule has 0 fully saturated rings. The van der Waals surface area contributed by atoms with Gasteiger partial charge in [0.1, 0.15) is 0 Å². The first-order chi connectivity index (χ1) is 17.0. The zero-order chi connectivity index (χ0) is 26.2. The van der Waals surface area contributed by atoms with Crippen LogP contribution in [0.5, 0.6) is 0 Å². The second kappa shape index (κ2) is 23.7. The van der Waals surface area contributed by atoms with Crippen molar-refractivity contribution in [2.24, 2.45) is 0 Å². The summed E-state index contributed by atoms with van der Waals surface area (Å²) < 4.78 is 0. The fourth-order valence-electron chi connectivity index (χ4n) is 4.73. The summed E-state index contributed by atoms with van der Waals surface area (Å²) in [6.07, 6.45) is 23.2. The van der Waals surface area contributed by atoms with Crippen molar-refractivity contribution in [1.29, 1.82) is 0 Å². The van der Waals surface area contributed by atoms with Gasteiger partial charge in [-0.3, -0.25) is 4.79 Å². The lowest BCUT2D eigenvalue weighted by molar-refractivity contribution is -0.172. The Hall–Kier alpha value is -0.650. The first-order valence-electron chi connectivity index (χ1n) is 15.3. The summed E-state index contributed by atoms with van der Waals surface area (Å²) in [4.78, 5) is 14.6. The fraction of sp³-hybridized carbons (Fsp3) is 0.967. The van der Waals surface area contributed by atoms with E-state index in [1.807, 2.05) is 0 Å². The Morgan fingerprint density at radius 1 is 0.629 bits per heavy atom. The fourth-order valence-corrected chi connectivity index (χ4v) is 4.73. The molecule has 0 aliphatic carbocycles. The average Bonchev–Trinajstić information content (AvgIpc) is 2.87. The van der Waals surface area contributed by atoms with E-state index in [0.29, 0.717) is 19.5 Å². The molecule has 0 radical (unpaired) electrons. The predicted molar refractivity (Wildman–Crippen MR) is 149 cm³/mol. The molecule has 2 atom stereocenters. The number of nitrogens with zero attached hydrogens (tertiary/aromatic N) is 1. The van der Waals surface area contributed by atoms with Gasteiger partial charge in [-0.1, -0.05) is 136 Å². The topological polar surface area (TPSA) is 81.0 Å². The van der Waals surface area contributed by atoms with Crippen LogP contribution in [0.15, 0.2) is 0 Å². The molecule has 0 spiro atoms. The van der Waals surface area contributed by atoms with E-state index in [1.54, 1.807) is 4.90 Å². The number of hydrogen-bond donors (Lipinski definition) is 3. The molecule has 35 heavy (non-hydrogen) atoms. The Morgan fingerprint density at radius 3 is 1.31 bits per heavy atom. The molecule has 0 bridgehead atoms. The summed E-state index contributed by atoms with van der Waals surface area (Å²) in [5.41, 5.74) is -2.09. The first kappa shape index (κ1) is 34.4. The number of carbonyl (C=O) groups is 1. The maximum Gasteiger partial charge on any atom is 0.259 e. The van der Waals surface area contributed by atoms with E-state index in [4.69, 9.17) is 0 Å². The van der Waals surface area contributed by atoms with Gasteiger partial charge in [-0.15, -0.1) is 0 Å².